The van der Waals surface area contributed by atoms with E-state index in [0.29, 0.717) is 23.4 Å². The second-order valence-corrected chi connectivity index (χ2v) is 4.84. The summed E-state index contributed by atoms with van der Waals surface area (Å²) < 4.78 is 6.74. The van der Waals surface area contributed by atoms with Crippen molar-refractivity contribution in [2.75, 3.05) is 6.61 Å². The molecule has 19 heavy (non-hydrogen) atoms. The van der Waals surface area contributed by atoms with E-state index >= 15 is 0 Å². The zero-order chi connectivity index (χ0) is 14.7. The van der Waals surface area contributed by atoms with E-state index in [4.69, 9.17) is 4.74 Å². The monoisotopic (exact) mass is 266 g/mol. The Kier molecular flexibility index (Phi) is 4.75. The van der Waals surface area contributed by atoms with E-state index in [9.17, 15) is 9.59 Å². The summed E-state index contributed by atoms with van der Waals surface area (Å²) in [6.07, 6.45) is 0. The van der Waals surface area contributed by atoms with Gasteiger partial charge in [-0.15, -0.1) is 0 Å². The van der Waals surface area contributed by atoms with Gasteiger partial charge in [-0.3, -0.25) is 4.79 Å². The normalized spacial score (nSPS) is 10.7. The van der Waals surface area contributed by atoms with Crippen molar-refractivity contribution in [3.8, 4) is 0 Å². The summed E-state index contributed by atoms with van der Waals surface area (Å²) in [6, 6.07) is 0.0533. The Morgan fingerprint density at radius 3 is 2.37 bits per heavy atom. The predicted octanol–water partition coefficient (Wildman–Crippen LogP) is 1.96. The number of carbonyl (C=O) groups excluding carboxylic acids is 2. The predicted molar refractivity (Wildman–Crippen MR) is 73.4 cm³/mol. The van der Waals surface area contributed by atoms with Gasteiger partial charge in [0.2, 0.25) is 0 Å². The number of ether oxygens (including phenoxy) is 1. The highest BCUT2D eigenvalue weighted by atomic mass is 16.5. The maximum Gasteiger partial charge on any atom is 0.355 e. The molecule has 0 aromatic carbocycles. The minimum Gasteiger partial charge on any atom is -0.461 e. The molecule has 5 nitrogen and oxygen atoms in total. The van der Waals surface area contributed by atoms with Crippen LogP contribution in [0.4, 0.5) is 0 Å². The van der Waals surface area contributed by atoms with Crippen molar-refractivity contribution in [2.45, 2.75) is 40.7 Å². The molecule has 0 fully saturated rings. The van der Waals surface area contributed by atoms with Crippen molar-refractivity contribution < 1.29 is 14.3 Å². The molecule has 0 aliphatic heterocycles. The quantitative estimate of drug-likeness (QED) is 0.847. The van der Waals surface area contributed by atoms with Gasteiger partial charge in [-0.2, -0.15) is 0 Å². The molecule has 0 spiro atoms. The molecule has 0 radical (unpaired) electrons. The van der Waals surface area contributed by atoms with Crippen LogP contribution in [0.1, 0.15) is 52.9 Å². The molecule has 0 aliphatic carbocycles. The number of amides is 1. The fraction of sp³-hybridized carbons (Fsp3) is 0.571. The Hall–Kier alpha value is -1.78. The average Bonchev–Trinajstić information content (AvgIpc) is 2.49. The molecule has 1 heterocycles. The Morgan fingerprint density at radius 2 is 1.89 bits per heavy atom. The minimum absolute atomic E-state index is 0.0533. The first kappa shape index (κ1) is 15.3. The van der Waals surface area contributed by atoms with Gasteiger partial charge in [0.15, 0.2) is 0 Å². The molecule has 1 rings (SSSR count). The molecule has 0 saturated carbocycles. The standard InChI is InChI=1S/C14H22N2O3/c1-7-19-14(18)12-9(4)11(10(5)16(12)6)13(17)15-8(2)3/h8H,7H2,1-6H3,(H,15,17). The molecular formula is C14H22N2O3. The highest BCUT2D eigenvalue weighted by Gasteiger charge is 2.25. The molecule has 1 N–H and O–H groups in total. The van der Waals surface area contributed by atoms with Gasteiger partial charge in [0.1, 0.15) is 5.69 Å². The second-order valence-electron chi connectivity index (χ2n) is 4.84. The van der Waals surface area contributed by atoms with E-state index in [1.807, 2.05) is 20.8 Å². The molecule has 1 aromatic rings. The van der Waals surface area contributed by atoms with E-state index < -0.39 is 5.97 Å². The Balaban J connectivity index is 3.25. The summed E-state index contributed by atoms with van der Waals surface area (Å²) in [7, 11) is 1.76. The van der Waals surface area contributed by atoms with Crippen molar-refractivity contribution >= 4 is 11.9 Å². The van der Waals surface area contributed by atoms with E-state index in [0.717, 1.165) is 5.69 Å². The SMILES string of the molecule is CCOC(=O)c1c(C)c(C(=O)NC(C)C)c(C)n1C. The average molecular weight is 266 g/mol. The fourth-order valence-electron chi connectivity index (χ4n) is 2.14. The van der Waals surface area contributed by atoms with Crippen LogP contribution < -0.4 is 5.32 Å². The topological polar surface area (TPSA) is 60.3 Å². The summed E-state index contributed by atoms with van der Waals surface area (Å²) >= 11 is 0. The van der Waals surface area contributed by atoms with Crippen LogP contribution in [0.25, 0.3) is 0 Å². The van der Waals surface area contributed by atoms with Crippen LogP contribution in [-0.4, -0.2) is 29.1 Å². The Morgan fingerprint density at radius 1 is 1.32 bits per heavy atom. The lowest BCUT2D eigenvalue weighted by molar-refractivity contribution is 0.0514. The largest absolute Gasteiger partial charge is 0.461 e. The Labute approximate surface area is 113 Å². The molecule has 0 saturated heterocycles. The number of carbonyl (C=O) groups is 2. The highest BCUT2D eigenvalue weighted by molar-refractivity contribution is 6.01. The third kappa shape index (κ3) is 2.97. The van der Waals surface area contributed by atoms with Crippen molar-refractivity contribution in [1.29, 1.82) is 0 Å². The highest BCUT2D eigenvalue weighted by Crippen LogP contribution is 2.22. The molecule has 0 atom stereocenters. The van der Waals surface area contributed by atoms with Crippen LogP contribution in [0.3, 0.4) is 0 Å². The van der Waals surface area contributed by atoms with Gasteiger partial charge in [0.25, 0.3) is 5.91 Å². The van der Waals surface area contributed by atoms with Gasteiger partial charge in [0, 0.05) is 18.8 Å². The number of rotatable bonds is 4. The first-order valence-electron chi connectivity index (χ1n) is 6.45. The summed E-state index contributed by atoms with van der Waals surface area (Å²) in [6.45, 7) is 9.47. The molecule has 106 valence electrons. The number of nitrogens with one attached hydrogen (secondary N) is 1. The summed E-state index contributed by atoms with van der Waals surface area (Å²) in [4.78, 5) is 24.1. The number of nitrogens with zero attached hydrogens (tertiary/aromatic N) is 1. The second kappa shape index (κ2) is 5.91. The zero-order valence-corrected chi connectivity index (χ0v) is 12.5. The summed E-state index contributed by atoms with van der Waals surface area (Å²) in [5.74, 6) is -0.551. The number of esters is 1. The lowest BCUT2D eigenvalue weighted by Crippen LogP contribution is -2.30. The van der Waals surface area contributed by atoms with Crippen LogP contribution >= 0.6 is 0 Å². The maximum atomic E-state index is 12.2. The number of aromatic nitrogens is 1. The number of hydrogen-bond donors (Lipinski definition) is 1. The molecule has 5 heteroatoms. The Bertz CT molecular complexity index is 501. The van der Waals surface area contributed by atoms with Gasteiger partial charge in [-0.05, 0) is 40.2 Å². The van der Waals surface area contributed by atoms with E-state index in [1.54, 1.807) is 25.5 Å². The first-order valence-corrected chi connectivity index (χ1v) is 6.45. The van der Waals surface area contributed by atoms with E-state index in [-0.39, 0.29) is 11.9 Å². The van der Waals surface area contributed by atoms with Gasteiger partial charge >= 0.3 is 5.97 Å². The van der Waals surface area contributed by atoms with Gasteiger partial charge < -0.3 is 14.6 Å². The van der Waals surface area contributed by atoms with Crippen LogP contribution in [-0.2, 0) is 11.8 Å². The van der Waals surface area contributed by atoms with Crippen molar-refractivity contribution in [3.63, 3.8) is 0 Å². The smallest absolute Gasteiger partial charge is 0.355 e. The fourth-order valence-corrected chi connectivity index (χ4v) is 2.14. The van der Waals surface area contributed by atoms with Crippen LogP contribution in [0.5, 0.6) is 0 Å². The van der Waals surface area contributed by atoms with Gasteiger partial charge in [-0.1, -0.05) is 0 Å². The van der Waals surface area contributed by atoms with Crippen LogP contribution in [0.2, 0.25) is 0 Å². The molecule has 1 aromatic heterocycles. The molecular weight excluding hydrogens is 244 g/mol. The van der Waals surface area contributed by atoms with Crippen molar-refractivity contribution in [1.82, 2.24) is 9.88 Å². The lowest BCUT2D eigenvalue weighted by atomic mass is 10.1. The van der Waals surface area contributed by atoms with Crippen molar-refractivity contribution in [3.05, 3.63) is 22.5 Å². The van der Waals surface area contributed by atoms with Crippen LogP contribution in [0, 0.1) is 13.8 Å². The summed E-state index contributed by atoms with van der Waals surface area (Å²) in [5.41, 5.74) is 2.42. The summed E-state index contributed by atoms with van der Waals surface area (Å²) in [5, 5.41) is 2.85. The first-order chi connectivity index (χ1) is 8.81. The number of hydrogen-bond acceptors (Lipinski definition) is 3. The third-order valence-electron chi connectivity index (χ3n) is 3.05. The van der Waals surface area contributed by atoms with Gasteiger partial charge in [0.05, 0.1) is 12.2 Å². The lowest BCUT2D eigenvalue weighted by Gasteiger charge is -2.09. The molecule has 0 bridgehead atoms. The van der Waals surface area contributed by atoms with Crippen molar-refractivity contribution in [2.24, 2.45) is 7.05 Å². The minimum atomic E-state index is -0.394. The molecule has 0 unspecified atom stereocenters. The molecule has 1 amide bonds. The van der Waals surface area contributed by atoms with E-state index in [2.05, 4.69) is 5.32 Å². The third-order valence-corrected chi connectivity index (χ3v) is 3.05. The van der Waals surface area contributed by atoms with E-state index in [1.165, 1.54) is 0 Å². The van der Waals surface area contributed by atoms with Gasteiger partial charge in [-0.25, -0.2) is 4.79 Å². The maximum absolute atomic E-state index is 12.2. The molecule has 0 aliphatic rings. The van der Waals surface area contributed by atoms with Crippen LogP contribution in [0.15, 0.2) is 0 Å². The zero-order valence-electron chi connectivity index (χ0n) is 12.5.